The number of para-hydroxylation sites is 1. The number of nitrogens with zero attached hydrogens (tertiary/aromatic N) is 2. The van der Waals surface area contributed by atoms with Crippen molar-refractivity contribution in [2.75, 3.05) is 13.1 Å². The monoisotopic (exact) mass is 618 g/mol. The fourth-order valence-corrected chi connectivity index (χ4v) is 5.38. The second kappa shape index (κ2) is 14.1. The molecule has 45 heavy (non-hydrogen) atoms. The van der Waals surface area contributed by atoms with Gasteiger partial charge >= 0.3 is 6.03 Å². The first-order valence-electron chi connectivity index (χ1n) is 15.0. The Morgan fingerprint density at radius 3 is 2.07 bits per heavy atom. The summed E-state index contributed by atoms with van der Waals surface area (Å²) < 4.78 is 0. The van der Waals surface area contributed by atoms with Crippen LogP contribution < -0.4 is 22.1 Å². The third-order valence-corrected chi connectivity index (χ3v) is 7.30. The van der Waals surface area contributed by atoms with Crippen molar-refractivity contribution in [1.29, 1.82) is 0 Å². The van der Waals surface area contributed by atoms with Crippen molar-refractivity contribution in [3.63, 3.8) is 0 Å². The quantitative estimate of drug-likeness (QED) is 0.208. The molecule has 3 atom stereocenters. The Morgan fingerprint density at radius 1 is 0.867 bits per heavy atom. The molecule has 0 saturated heterocycles. The standard InChI is InChI=1S/C34H46N6O5/c1-32(2,3)21-40(31(45)39-33(4,5)6)20-27(41)24(18-22-12-8-7-9-13-22)34(30(36)44,19-28(35)42)38-29(43)26-17-16-23-14-10-11-15-25(23)37-26/h7-17,24,27,41H,18-21H2,1-6H3,(H2,35,42)(H2,36,44)(H,38,43)(H,39,45). The number of aliphatic hydroxyl groups is 1. The molecule has 3 rings (SSSR count). The van der Waals surface area contributed by atoms with Crippen molar-refractivity contribution < 1.29 is 24.3 Å². The molecule has 242 valence electrons. The molecule has 3 aromatic rings. The van der Waals surface area contributed by atoms with Crippen LogP contribution in [0.25, 0.3) is 10.9 Å². The van der Waals surface area contributed by atoms with Crippen molar-refractivity contribution >= 4 is 34.7 Å². The highest BCUT2D eigenvalue weighted by Gasteiger charge is 2.50. The number of primary amides is 2. The SMILES string of the molecule is CC(C)(C)CN(CC(O)C(Cc1ccccc1)C(CC(N)=O)(NC(=O)c1ccc2ccccc2n1)C(N)=O)C(=O)NC(C)(C)C. The second-order valence-electron chi connectivity index (χ2n) is 13.8. The van der Waals surface area contributed by atoms with Gasteiger partial charge in [0.15, 0.2) is 0 Å². The molecule has 1 heterocycles. The van der Waals surface area contributed by atoms with Gasteiger partial charge in [-0.1, -0.05) is 75.4 Å². The van der Waals surface area contributed by atoms with E-state index in [9.17, 15) is 24.3 Å². The number of carbonyl (C=O) groups excluding carboxylic acids is 4. The molecule has 0 fully saturated rings. The van der Waals surface area contributed by atoms with Crippen LogP contribution in [0.3, 0.4) is 0 Å². The van der Waals surface area contributed by atoms with Crippen molar-refractivity contribution in [2.45, 2.75) is 71.6 Å². The van der Waals surface area contributed by atoms with E-state index in [0.29, 0.717) is 11.1 Å². The molecule has 0 aliphatic rings. The van der Waals surface area contributed by atoms with Gasteiger partial charge in [0.25, 0.3) is 5.91 Å². The van der Waals surface area contributed by atoms with Gasteiger partial charge < -0.3 is 32.1 Å². The molecule has 11 nitrogen and oxygen atoms in total. The summed E-state index contributed by atoms with van der Waals surface area (Å²) in [5.74, 6) is -3.93. The molecule has 5 amide bonds. The summed E-state index contributed by atoms with van der Waals surface area (Å²) in [6.07, 6.45) is -2.10. The lowest BCUT2D eigenvalue weighted by Crippen LogP contribution is -2.67. The molecule has 7 N–H and O–H groups in total. The van der Waals surface area contributed by atoms with E-state index in [0.717, 1.165) is 5.39 Å². The van der Waals surface area contributed by atoms with Crippen LogP contribution in [-0.2, 0) is 16.0 Å². The molecule has 0 bridgehead atoms. The van der Waals surface area contributed by atoms with Gasteiger partial charge in [0.1, 0.15) is 11.2 Å². The lowest BCUT2D eigenvalue weighted by atomic mass is 9.73. The van der Waals surface area contributed by atoms with Crippen LogP contribution >= 0.6 is 0 Å². The van der Waals surface area contributed by atoms with Crippen LogP contribution in [-0.4, -0.2) is 69.0 Å². The molecule has 0 aliphatic carbocycles. The molecule has 3 unspecified atom stereocenters. The summed E-state index contributed by atoms with van der Waals surface area (Å²) in [4.78, 5) is 59.1. The summed E-state index contributed by atoms with van der Waals surface area (Å²) >= 11 is 0. The van der Waals surface area contributed by atoms with Gasteiger partial charge in [-0.25, -0.2) is 9.78 Å². The number of hydrogen-bond acceptors (Lipinski definition) is 6. The fourth-order valence-electron chi connectivity index (χ4n) is 5.38. The predicted octanol–water partition coefficient (Wildman–Crippen LogP) is 3.14. The van der Waals surface area contributed by atoms with Gasteiger partial charge in [-0.05, 0) is 50.3 Å². The number of fused-ring (bicyclic) bond motifs is 1. The Kier molecular flexibility index (Phi) is 10.9. The molecule has 2 aromatic carbocycles. The van der Waals surface area contributed by atoms with E-state index >= 15 is 0 Å². The number of aromatic nitrogens is 1. The number of nitrogens with one attached hydrogen (secondary N) is 2. The Labute approximate surface area is 264 Å². The number of urea groups is 1. The van der Waals surface area contributed by atoms with Crippen LogP contribution in [0.4, 0.5) is 4.79 Å². The summed E-state index contributed by atoms with van der Waals surface area (Å²) in [6.45, 7) is 11.4. The molecule has 0 aliphatic heterocycles. The van der Waals surface area contributed by atoms with Gasteiger partial charge in [-0.2, -0.15) is 0 Å². The Morgan fingerprint density at radius 2 is 1.49 bits per heavy atom. The maximum Gasteiger partial charge on any atom is 0.317 e. The largest absolute Gasteiger partial charge is 0.391 e. The topological polar surface area (TPSA) is 181 Å². The van der Waals surface area contributed by atoms with E-state index in [1.807, 2.05) is 59.7 Å². The minimum Gasteiger partial charge on any atom is -0.391 e. The second-order valence-corrected chi connectivity index (χ2v) is 13.8. The Balaban J connectivity index is 2.12. The number of aliphatic hydroxyl groups excluding tert-OH is 1. The number of rotatable bonds is 12. The first kappa shape index (κ1) is 35.0. The van der Waals surface area contributed by atoms with Crippen molar-refractivity contribution in [2.24, 2.45) is 22.8 Å². The highest BCUT2D eigenvalue weighted by molar-refractivity contribution is 6.01. The number of amides is 5. The number of benzene rings is 2. The fraction of sp³-hybridized carbons (Fsp3) is 0.441. The van der Waals surface area contributed by atoms with Gasteiger partial charge in [-0.3, -0.25) is 14.4 Å². The maximum atomic E-state index is 13.8. The van der Waals surface area contributed by atoms with E-state index < -0.39 is 53.3 Å². The Bertz CT molecular complexity index is 1510. The number of carbonyl (C=O) groups is 4. The van der Waals surface area contributed by atoms with Gasteiger partial charge in [0.2, 0.25) is 11.8 Å². The van der Waals surface area contributed by atoms with E-state index in [4.69, 9.17) is 11.5 Å². The molecule has 0 saturated carbocycles. The van der Waals surface area contributed by atoms with Gasteiger partial charge in [0, 0.05) is 29.9 Å². The summed E-state index contributed by atoms with van der Waals surface area (Å²) in [5, 5.41) is 18.4. The lowest BCUT2D eigenvalue weighted by Gasteiger charge is -2.42. The van der Waals surface area contributed by atoms with Crippen LogP contribution in [0.5, 0.6) is 0 Å². The molecule has 1 aromatic heterocycles. The first-order chi connectivity index (χ1) is 20.9. The number of nitrogens with two attached hydrogens (primary N) is 2. The van der Waals surface area contributed by atoms with E-state index in [-0.39, 0.29) is 30.6 Å². The summed E-state index contributed by atoms with van der Waals surface area (Å²) in [5.41, 5.74) is 9.87. The van der Waals surface area contributed by atoms with Crippen molar-refractivity contribution in [3.05, 3.63) is 78.0 Å². The number of hydrogen-bond donors (Lipinski definition) is 5. The van der Waals surface area contributed by atoms with E-state index in [2.05, 4.69) is 15.6 Å². The van der Waals surface area contributed by atoms with Crippen molar-refractivity contribution in [1.82, 2.24) is 20.5 Å². The highest BCUT2D eigenvalue weighted by Crippen LogP contribution is 2.31. The predicted molar refractivity (Wildman–Crippen MR) is 174 cm³/mol. The summed E-state index contributed by atoms with van der Waals surface area (Å²) in [7, 11) is 0. The molecule has 11 heteroatoms. The van der Waals surface area contributed by atoms with Gasteiger partial charge in [-0.15, -0.1) is 0 Å². The molecular formula is C34H46N6O5. The Hall–Kier alpha value is -4.51. The van der Waals surface area contributed by atoms with E-state index in [1.165, 1.54) is 11.0 Å². The minimum absolute atomic E-state index is 0.0179. The molecule has 0 radical (unpaired) electrons. The molecule has 0 spiro atoms. The summed E-state index contributed by atoms with van der Waals surface area (Å²) in [6, 6.07) is 19.0. The van der Waals surface area contributed by atoms with Crippen LogP contribution in [0.1, 0.15) is 64.0 Å². The van der Waals surface area contributed by atoms with Crippen molar-refractivity contribution in [3.8, 4) is 0 Å². The smallest absolute Gasteiger partial charge is 0.317 e. The highest BCUT2D eigenvalue weighted by atomic mass is 16.3. The average Bonchev–Trinajstić information content (AvgIpc) is 2.93. The zero-order chi connectivity index (χ0) is 33.6. The van der Waals surface area contributed by atoms with Crippen LogP contribution in [0.15, 0.2) is 66.7 Å². The first-order valence-corrected chi connectivity index (χ1v) is 15.0. The normalized spacial score (nSPS) is 14.6. The molecular weight excluding hydrogens is 572 g/mol. The third-order valence-electron chi connectivity index (χ3n) is 7.30. The number of pyridine rings is 1. The zero-order valence-electron chi connectivity index (χ0n) is 27.0. The minimum atomic E-state index is -2.14. The van der Waals surface area contributed by atoms with Crippen LogP contribution in [0, 0.1) is 11.3 Å². The third kappa shape index (κ3) is 9.74. The van der Waals surface area contributed by atoms with Crippen LogP contribution in [0.2, 0.25) is 0 Å². The lowest BCUT2D eigenvalue weighted by molar-refractivity contribution is -0.134. The maximum absolute atomic E-state index is 13.8. The zero-order valence-corrected chi connectivity index (χ0v) is 27.0. The van der Waals surface area contributed by atoms with E-state index in [1.54, 1.807) is 42.5 Å². The van der Waals surface area contributed by atoms with Gasteiger partial charge in [0.05, 0.1) is 18.0 Å². The average molecular weight is 619 g/mol.